The lowest BCUT2D eigenvalue weighted by Gasteiger charge is -2.15. The number of likely N-dealkylation sites (N-methyl/N-ethyl adjacent to an activating group) is 1. The number of rotatable bonds is 6. The maximum Gasteiger partial charge on any atom is 0.303 e. The molecule has 3 nitrogen and oxygen atoms in total. The zero-order chi connectivity index (χ0) is 12.0. The van der Waals surface area contributed by atoms with Gasteiger partial charge < -0.3 is 10.4 Å². The summed E-state index contributed by atoms with van der Waals surface area (Å²) in [6, 6.07) is 8.60. The van der Waals surface area contributed by atoms with Gasteiger partial charge in [0.05, 0.1) is 0 Å². The fraction of sp³-hybridized carbons (Fsp3) is 0.417. The van der Waals surface area contributed by atoms with Crippen LogP contribution in [0.25, 0.3) is 0 Å². The Balaban J connectivity index is 2.49. The minimum atomic E-state index is -0.732. The predicted molar refractivity (Wildman–Crippen MR) is 68.0 cm³/mol. The van der Waals surface area contributed by atoms with Gasteiger partial charge in [0, 0.05) is 12.5 Å². The lowest BCUT2D eigenvalue weighted by Crippen LogP contribution is -2.28. The molecule has 0 aliphatic rings. The fourth-order valence-electron chi connectivity index (χ4n) is 1.65. The van der Waals surface area contributed by atoms with Crippen molar-refractivity contribution in [3.8, 4) is 0 Å². The van der Waals surface area contributed by atoms with Gasteiger partial charge >= 0.3 is 5.97 Å². The number of carbonyl (C=O) groups is 1. The smallest absolute Gasteiger partial charge is 0.303 e. The van der Waals surface area contributed by atoms with Gasteiger partial charge in [-0.25, -0.2) is 0 Å². The molecule has 0 radical (unpaired) electrons. The Morgan fingerprint density at radius 2 is 2.06 bits per heavy atom. The lowest BCUT2D eigenvalue weighted by atomic mass is 9.93. The molecule has 1 unspecified atom stereocenters. The molecule has 0 saturated carbocycles. The Kier molecular flexibility index (Phi) is 5.06. The summed E-state index contributed by atoms with van der Waals surface area (Å²) in [5.41, 5.74) is 2.49. The van der Waals surface area contributed by atoms with E-state index in [1.165, 1.54) is 11.0 Å². The Morgan fingerprint density at radius 1 is 1.44 bits per heavy atom. The highest BCUT2D eigenvalue weighted by Crippen LogP contribution is 2.06. The highest BCUT2D eigenvalue weighted by Gasteiger charge is 2.09. The highest BCUT2D eigenvalue weighted by atomic mass is 16.4. The fourth-order valence-corrected chi connectivity index (χ4v) is 1.65. The lowest BCUT2D eigenvalue weighted by molar-refractivity contribution is -0.137. The molecule has 0 fully saturated rings. The van der Waals surface area contributed by atoms with Gasteiger partial charge in [0.2, 0.25) is 0 Å². The van der Waals surface area contributed by atoms with Crippen molar-refractivity contribution >= 4 is 19.3 Å². The van der Waals surface area contributed by atoms with Gasteiger partial charge in [-0.3, -0.25) is 4.79 Å². The van der Waals surface area contributed by atoms with Crippen LogP contribution in [0.1, 0.15) is 18.4 Å². The summed E-state index contributed by atoms with van der Waals surface area (Å²) < 4.78 is 0. The van der Waals surface area contributed by atoms with Crippen LogP contribution in [0, 0.1) is 0 Å². The molecule has 0 heterocycles. The highest BCUT2D eigenvalue weighted by molar-refractivity contribution is 6.32. The van der Waals surface area contributed by atoms with Crippen molar-refractivity contribution in [1.82, 2.24) is 5.32 Å². The van der Waals surface area contributed by atoms with Crippen LogP contribution >= 0.6 is 0 Å². The largest absolute Gasteiger partial charge is 0.481 e. The molecule has 1 atom stereocenters. The molecule has 4 heteroatoms. The molecule has 0 bridgehead atoms. The first-order chi connectivity index (χ1) is 7.61. The third-order valence-electron chi connectivity index (χ3n) is 2.72. The molecule has 0 amide bonds. The van der Waals surface area contributed by atoms with E-state index in [-0.39, 0.29) is 12.5 Å². The first-order valence-electron chi connectivity index (χ1n) is 5.56. The maximum atomic E-state index is 10.5. The summed E-state index contributed by atoms with van der Waals surface area (Å²) in [5.74, 6) is -0.732. The molecule has 0 saturated heterocycles. The zero-order valence-electron chi connectivity index (χ0n) is 9.86. The Bertz CT molecular complexity index is 337. The average Bonchev–Trinajstić information content (AvgIpc) is 2.26. The van der Waals surface area contributed by atoms with Crippen molar-refractivity contribution in [2.24, 2.45) is 0 Å². The van der Waals surface area contributed by atoms with Crippen molar-refractivity contribution in [2.45, 2.75) is 25.3 Å². The molecular formula is C12H18BNO2. The first-order valence-corrected chi connectivity index (χ1v) is 5.56. The maximum absolute atomic E-state index is 10.5. The van der Waals surface area contributed by atoms with Crippen LogP contribution < -0.4 is 10.8 Å². The summed E-state index contributed by atoms with van der Waals surface area (Å²) in [6.45, 7) is 0. The Hall–Kier alpha value is -1.29. The van der Waals surface area contributed by atoms with Gasteiger partial charge in [-0.05, 0) is 25.5 Å². The third kappa shape index (κ3) is 4.49. The van der Waals surface area contributed by atoms with Crippen molar-refractivity contribution in [2.75, 3.05) is 7.05 Å². The molecule has 16 heavy (non-hydrogen) atoms. The zero-order valence-corrected chi connectivity index (χ0v) is 9.86. The average molecular weight is 219 g/mol. The van der Waals surface area contributed by atoms with E-state index in [2.05, 4.69) is 37.4 Å². The molecule has 0 aromatic heterocycles. The van der Waals surface area contributed by atoms with Crippen LogP contribution in [0.2, 0.25) is 0 Å². The second-order valence-corrected chi connectivity index (χ2v) is 4.11. The van der Waals surface area contributed by atoms with E-state index in [9.17, 15) is 4.79 Å². The van der Waals surface area contributed by atoms with E-state index < -0.39 is 5.97 Å². The minimum absolute atomic E-state index is 0.220. The van der Waals surface area contributed by atoms with Crippen LogP contribution in [-0.4, -0.2) is 32.0 Å². The van der Waals surface area contributed by atoms with Gasteiger partial charge in [-0.15, -0.1) is 0 Å². The second kappa shape index (κ2) is 6.33. The van der Waals surface area contributed by atoms with Crippen LogP contribution in [0.4, 0.5) is 0 Å². The summed E-state index contributed by atoms with van der Waals surface area (Å²) in [7, 11) is 3.93. The van der Waals surface area contributed by atoms with Crippen molar-refractivity contribution < 1.29 is 9.90 Å². The Labute approximate surface area is 97.3 Å². The van der Waals surface area contributed by atoms with Gasteiger partial charge in [0.15, 0.2) is 0 Å². The van der Waals surface area contributed by atoms with Crippen molar-refractivity contribution in [3.05, 3.63) is 29.8 Å². The standard InChI is InChI=1S/C12H18BNO2/c1-14-11(6-7-12(15)16)8-9-2-4-10(13)5-3-9/h2-5,11,14H,6-8,13H2,1H3,(H,15,16). The molecule has 0 aliphatic heterocycles. The van der Waals surface area contributed by atoms with Crippen molar-refractivity contribution in [1.29, 1.82) is 0 Å². The molecule has 1 aromatic rings. The first kappa shape index (κ1) is 12.8. The van der Waals surface area contributed by atoms with Crippen LogP contribution in [0.15, 0.2) is 24.3 Å². The quantitative estimate of drug-likeness (QED) is 0.659. The number of aliphatic carboxylic acids is 1. The van der Waals surface area contributed by atoms with E-state index in [4.69, 9.17) is 5.11 Å². The number of carboxylic acids is 1. The van der Waals surface area contributed by atoms with E-state index in [0.29, 0.717) is 6.42 Å². The number of hydrogen-bond donors (Lipinski definition) is 2. The predicted octanol–water partition coefficient (Wildman–Crippen LogP) is -0.0597. The normalized spacial score (nSPS) is 12.3. The summed E-state index contributed by atoms with van der Waals surface area (Å²) in [5, 5.41) is 11.8. The minimum Gasteiger partial charge on any atom is -0.481 e. The van der Waals surface area contributed by atoms with Crippen molar-refractivity contribution in [3.63, 3.8) is 0 Å². The molecule has 1 aromatic carbocycles. The van der Waals surface area contributed by atoms with Gasteiger partial charge in [0.1, 0.15) is 7.85 Å². The van der Waals surface area contributed by atoms with E-state index in [1.807, 2.05) is 7.05 Å². The topological polar surface area (TPSA) is 49.3 Å². The SMILES string of the molecule is Bc1ccc(CC(CCC(=O)O)NC)cc1. The Morgan fingerprint density at radius 3 is 2.56 bits per heavy atom. The summed E-state index contributed by atoms with van der Waals surface area (Å²) in [6.07, 6.45) is 1.77. The van der Waals surface area contributed by atoms with Gasteiger partial charge in [0.25, 0.3) is 0 Å². The van der Waals surface area contributed by atoms with Crippen LogP contribution in [-0.2, 0) is 11.2 Å². The molecule has 86 valence electrons. The van der Waals surface area contributed by atoms with E-state index >= 15 is 0 Å². The van der Waals surface area contributed by atoms with Crippen LogP contribution in [0.3, 0.4) is 0 Å². The second-order valence-electron chi connectivity index (χ2n) is 4.11. The molecule has 1 rings (SSSR count). The summed E-state index contributed by atoms with van der Waals surface area (Å²) in [4.78, 5) is 10.5. The van der Waals surface area contributed by atoms with Gasteiger partial charge in [-0.1, -0.05) is 29.7 Å². The van der Waals surface area contributed by atoms with Gasteiger partial charge in [-0.2, -0.15) is 0 Å². The van der Waals surface area contributed by atoms with E-state index in [0.717, 1.165) is 6.42 Å². The number of hydrogen-bond acceptors (Lipinski definition) is 2. The van der Waals surface area contributed by atoms with Crippen LogP contribution in [0.5, 0.6) is 0 Å². The monoisotopic (exact) mass is 219 g/mol. The number of carboxylic acid groups (broad SMARTS) is 1. The molecule has 0 spiro atoms. The number of benzene rings is 1. The molecule has 0 aliphatic carbocycles. The van der Waals surface area contributed by atoms with E-state index in [1.54, 1.807) is 0 Å². The number of nitrogens with one attached hydrogen (secondary N) is 1. The molecule has 2 N–H and O–H groups in total. The molecular weight excluding hydrogens is 201 g/mol. The summed E-state index contributed by atoms with van der Waals surface area (Å²) >= 11 is 0. The third-order valence-corrected chi connectivity index (χ3v) is 2.72.